The number of amides is 2. The van der Waals surface area contributed by atoms with Gasteiger partial charge in [0.25, 0.3) is 5.91 Å². The first-order valence-corrected chi connectivity index (χ1v) is 8.69. The number of hydrogen-bond acceptors (Lipinski definition) is 4. The van der Waals surface area contributed by atoms with Gasteiger partial charge < -0.3 is 10.6 Å². The van der Waals surface area contributed by atoms with Crippen molar-refractivity contribution in [2.75, 3.05) is 30.3 Å². The van der Waals surface area contributed by atoms with Crippen LogP contribution in [0.2, 0.25) is 0 Å². The SMILES string of the molecule is C=C(C)C(=O)Nc1cc(NC(=O)CN2CC3=C(C=CC=C=C3)C2)cnc1C. The zero-order chi connectivity index (χ0) is 19.4. The third-order valence-corrected chi connectivity index (χ3v) is 4.32. The van der Waals surface area contributed by atoms with Crippen LogP contribution in [0.1, 0.15) is 12.6 Å². The van der Waals surface area contributed by atoms with E-state index in [1.807, 2.05) is 18.2 Å². The summed E-state index contributed by atoms with van der Waals surface area (Å²) < 4.78 is 0. The fourth-order valence-electron chi connectivity index (χ4n) is 2.88. The Morgan fingerprint density at radius 1 is 1.30 bits per heavy atom. The number of aryl methyl sites for hydroxylation is 1. The predicted octanol–water partition coefficient (Wildman–Crippen LogP) is 2.74. The topological polar surface area (TPSA) is 74.3 Å². The average molecular weight is 362 g/mol. The Morgan fingerprint density at radius 2 is 2.07 bits per heavy atom. The van der Waals surface area contributed by atoms with Crippen LogP contribution < -0.4 is 10.6 Å². The van der Waals surface area contributed by atoms with Crippen LogP contribution in [0.25, 0.3) is 0 Å². The highest BCUT2D eigenvalue weighted by Gasteiger charge is 2.21. The molecule has 2 aliphatic rings. The molecule has 0 bridgehead atoms. The molecule has 27 heavy (non-hydrogen) atoms. The summed E-state index contributed by atoms with van der Waals surface area (Å²) in [5.41, 5.74) is 7.67. The largest absolute Gasteiger partial charge is 0.324 e. The van der Waals surface area contributed by atoms with Gasteiger partial charge in [-0.3, -0.25) is 19.5 Å². The molecule has 3 rings (SSSR count). The normalized spacial score (nSPS) is 15.5. The maximum atomic E-state index is 12.4. The Balaban J connectivity index is 1.60. The molecule has 0 fully saturated rings. The average Bonchev–Trinajstić information content (AvgIpc) is 2.85. The first kappa shape index (κ1) is 18.6. The van der Waals surface area contributed by atoms with Crippen LogP contribution in [-0.4, -0.2) is 41.3 Å². The van der Waals surface area contributed by atoms with Crippen LogP contribution in [-0.2, 0) is 9.59 Å². The molecule has 1 aliphatic carbocycles. The maximum Gasteiger partial charge on any atom is 0.250 e. The van der Waals surface area contributed by atoms with Crippen LogP contribution in [0.4, 0.5) is 11.4 Å². The predicted molar refractivity (Wildman–Crippen MR) is 106 cm³/mol. The molecule has 0 spiro atoms. The third kappa shape index (κ3) is 4.70. The van der Waals surface area contributed by atoms with Gasteiger partial charge in [0.15, 0.2) is 0 Å². The van der Waals surface area contributed by atoms with Gasteiger partial charge in [-0.05, 0) is 43.2 Å². The van der Waals surface area contributed by atoms with Gasteiger partial charge in [0.05, 0.1) is 29.8 Å². The number of carbonyl (C=O) groups excluding carboxylic acids is 2. The number of pyridine rings is 1. The van der Waals surface area contributed by atoms with Gasteiger partial charge >= 0.3 is 0 Å². The molecule has 1 aromatic heterocycles. The lowest BCUT2D eigenvalue weighted by Crippen LogP contribution is -2.32. The molecule has 0 saturated heterocycles. The van der Waals surface area contributed by atoms with Crippen molar-refractivity contribution in [2.24, 2.45) is 0 Å². The lowest BCUT2D eigenvalue weighted by atomic mass is 10.1. The molecular weight excluding hydrogens is 340 g/mol. The lowest BCUT2D eigenvalue weighted by Gasteiger charge is -2.16. The molecule has 6 nitrogen and oxygen atoms in total. The van der Waals surface area contributed by atoms with E-state index < -0.39 is 0 Å². The van der Waals surface area contributed by atoms with Crippen molar-refractivity contribution in [1.29, 1.82) is 0 Å². The Bertz CT molecular complexity index is 934. The zero-order valence-electron chi connectivity index (χ0n) is 15.5. The molecule has 1 aliphatic heterocycles. The number of anilines is 2. The number of nitrogens with zero attached hydrogens (tertiary/aromatic N) is 2. The minimum absolute atomic E-state index is 0.126. The highest BCUT2D eigenvalue weighted by atomic mass is 16.2. The van der Waals surface area contributed by atoms with Crippen LogP contribution in [0.15, 0.2) is 65.6 Å². The van der Waals surface area contributed by atoms with Crippen molar-refractivity contribution >= 4 is 23.2 Å². The number of rotatable bonds is 5. The Hall–Kier alpha value is -3.21. The highest BCUT2D eigenvalue weighted by Crippen LogP contribution is 2.21. The molecule has 0 radical (unpaired) electrons. The molecule has 0 saturated carbocycles. The van der Waals surface area contributed by atoms with E-state index in [-0.39, 0.29) is 18.4 Å². The smallest absolute Gasteiger partial charge is 0.250 e. The van der Waals surface area contributed by atoms with Crippen molar-refractivity contribution < 1.29 is 9.59 Å². The van der Waals surface area contributed by atoms with Crippen LogP contribution >= 0.6 is 0 Å². The summed E-state index contributed by atoms with van der Waals surface area (Å²) in [5, 5.41) is 5.59. The summed E-state index contributed by atoms with van der Waals surface area (Å²) in [5.74, 6) is -0.401. The van der Waals surface area contributed by atoms with Crippen molar-refractivity contribution in [3.05, 3.63) is 71.3 Å². The first-order valence-electron chi connectivity index (χ1n) is 8.69. The van der Waals surface area contributed by atoms with Gasteiger partial charge in [-0.15, -0.1) is 5.73 Å². The van der Waals surface area contributed by atoms with Crippen LogP contribution in [0.3, 0.4) is 0 Å². The van der Waals surface area contributed by atoms with Crippen LogP contribution in [0.5, 0.6) is 0 Å². The van der Waals surface area contributed by atoms with Gasteiger partial charge in [0, 0.05) is 18.7 Å². The molecule has 2 N–H and O–H groups in total. The number of allylic oxidation sites excluding steroid dienone is 1. The molecule has 0 atom stereocenters. The monoisotopic (exact) mass is 362 g/mol. The van der Waals surface area contributed by atoms with Crippen molar-refractivity contribution in [2.45, 2.75) is 13.8 Å². The molecule has 138 valence electrons. The van der Waals surface area contributed by atoms with Crippen molar-refractivity contribution in [3.8, 4) is 0 Å². The second-order valence-corrected chi connectivity index (χ2v) is 6.67. The summed E-state index contributed by atoms with van der Waals surface area (Å²) in [6, 6.07) is 1.70. The standard InChI is InChI=1S/C21H22N4O2/c1-14(2)21(27)24-19-9-18(10-22-15(19)3)23-20(26)13-25-11-16-7-5-4-6-8-17(16)12-25/h4-5,7-10H,1,11-13H2,2-3H3,(H,23,26)(H,24,27). The quantitative estimate of drug-likeness (QED) is 0.624. The third-order valence-electron chi connectivity index (χ3n) is 4.32. The Morgan fingerprint density at radius 3 is 2.85 bits per heavy atom. The van der Waals surface area contributed by atoms with E-state index in [1.165, 1.54) is 11.1 Å². The molecule has 0 unspecified atom stereocenters. The van der Waals surface area contributed by atoms with E-state index in [4.69, 9.17) is 0 Å². The van der Waals surface area contributed by atoms with Gasteiger partial charge in [-0.25, -0.2) is 0 Å². The van der Waals surface area contributed by atoms with Gasteiger partial charge in [-0.1, -0.05) is 18.7 Å². The number of hydrogen-bond donors (Lipinski definition) is 2. The zero-order valence-corrected chi connectivity index (χ0v) is 15.5. The second kappa shape index (κ2) is 7.99. The highest BCUT2D eigenvalue weighted by molar-refractivity contribution is 6.03. The number of aromatic nitrogens is 1. The lowest BCUT2D eigenvalue weighted by molar-refractivity contribution is -0.117. The molecule has 0 aromatic carbocycles. The van der Waals surface area contributed by atoms with E-state index in [9.17, 15) is 9.59 Å². The minimum Gasteiger partial charge on any atom is -0.324 e. The fraction of sp³-hybridized carbons (Fsp3) is 0.238. The molecule has 6 heteroatoms. The fourth-order valence-corrected chi connectivity index (χ4v) is 2.88. The minimum atomic E-state index is -0.275. The molecule has 2 amide bonds. The van der Waals surface area contributed by atoms with Gasteiger partial charge in [-0.2, -0.15) is 0 Å². The number of carbonyl (C=O) groups is 2. The summed E-state index contributed by atoms with van der Waals surface area (Å²) in [4.78, 5) is 30.5. The summed E-state index contributed by atoms with van der Waals surface area (Å²) in [6.07, 6.45) is 9.44. The van der Waals surface area contributed by atoms with E-state index in [2.05, 4.69) is 38.9 Å². The van der Waals surface area contributed by atoms with Gasteiger partial charge in [0.2, 0.25) is 5.91 Å². The molecular formula is C21H22N4O2. The molecule has 2 heterocycles. The maximum absolute atomic E-state index is 12.4. The van der Waals surface area contributed by atoms with Crippen LogP contribution in [0, 0.1) is 6.92 Å². The van der Waals surface area contributed by atoms with Crippen molar-refractivity contribution in [3.63, 3.8) is 0 Å². The van der Waals surface area contributed by atoms with Crippen molar-refractivity contribution in [1.82, 2.24) is 9.88 Å². The first-order chi connectivity index (χ1) is 12.9. The summed E-state index contributed by atoms with van der Waals surface area (Å²) >= 11 is 0. The van der Waals surface area contributed by atoms with E-state index in [1.54, 1.807) is 26.1 Å². The summed E-state index contributed by atoms with van der Waals surface area (Å²) in [7, 11) is 0. The number of nitrogens with one attached hydrogen (secondary N) is 2. The van der Waals surface area contributed by atoms with E-state index in [0.717, 1.165) is 13.1 Å². The molecule has 1 aromatic rings. The summed E-state index contributed by atoms with van der Waals surface area (Å²) in [6.45, 7) is 8.78. The van der Waals surface area contributed by atoms with E-state index in [0.29, 0.717) is 22.6 Å². The second-order valence-electron chi connectivity index (χ2n) is 6.67. The van der Waals surface area contributed by atoms with Gasteiger partial charge in [0.1, 0.15) is 0 Å². The van der Waals surface area contributed by atoms with E-state index >= 15 is 0 Å². The Kier molecular flexibility index (Phi) is 5.50. The Labute approximate surface area is 158 Å².